The summed E-state index contributed by atoms with van der Waals surface area (Å²) in [6.07, 6.45) is 2.79. The summed E-state index contributed by atoms with van der Waals surface area (Å²) in [4.78, 5) is 8.27. The number of anilines is 2. The molecule has 0 radical (unpaired) electrons. The fourth-order valence-electron chi connectivity index (χ4n) is 1.93. The summed E-state index contributed by atoms with van der Waals surface area (Å²) in [5.41, 5.74) is 3.04. The number of nitrogens with one attached hydrogen (secondary N) is 3. The van der Waals surface area contributed by atoms with Crippen molar-refractivity contribution in [3.8, 4) is 0 Å². The third-order valence-electron chi connectivity index (χ3n) is 3.39. The van der Waals surface area contributed by atoms with Gasteiger partial charge in [-0.05, 0) is 43.0 Å². The second-order valence-electron chi connectivity index (χ2n) is 5.08. The average molecular weight is 283 g/mol. The normalized spacial score (nSPS) is 11.8. The first-order chi connectivity index (χ1) is 10.1. The van der Waals surface area contributed by atoms with E-state index in [0.29, 0.717) is 11.9 Å². The largest absolute Gasteiger partial charge is 0.326 e. The average Bonchev–Trinajstić information content (AvgIpc) is 2.47. The molecule has 21 heavy (non-hydrogen) atoms. The highest BCUT2D eigenvalue weighted by atomic mass is 15.2. The summed E-state index contributed by atoms with van der Waals surface area (Å²) in [5, 5.41) is 13.7. The van der Waals surface area contributed by atoms with Crippen LogP contribution in [0.4, 0.5) is 11.6 Å². The van der Waals surface area contributed by atoms with Gasteiger partial charge in [0.1, 0.15) is 0 Å². The zero-order valence-corrected chi connectivity index (χ0v) is 12.6. The second kappa shape index (κ2) is 6.83. The van der Waals surface area contributed by atoms with Gasteiger partial charge in [0.15, 0.2) is 5.96 Å². The van der Waals surface area contributed by atoms with E-state index in [-0.39, 0.29) is 5.96 Å². The molecule has 0 saturated heterocycles. The summed E-state index contributed by atoms with van der Waals surface area (Å²) in [6.45, 7) is 6.27. The van der Waals surface area contributed by atoms with Gasteiger partial charge in [0.25, 0.3) is 0 Å². The quantitative estimate of drug-likeness (QED) is 0.590. The van der Waals surface area contributed by atoms with Gasteiger partial charge in [0.05, 0.1) is 0 Å². The predicted octanol–water partition coefficient (Wildman–Crippen LogP) is 3.76. The lowest BCUT2D eigenvalue weighted by atomic mass is 9.99. The van der Waals surface area contributed by atoms with E-state index in [1.165, 1.54) is 5.56 Å². The molecule has 0 saturated carbocycles. The van der Waals surface area contributed by atoms with Gasteiger partial charge in [-0.2, -0.15) is 0 Å². The van der Waals surface area contributed by atoms with Crippen LogP contribution in [-0.4, -0.2) is 15.9 Å². The molecule has 0 spiro atoms. The van der Waals surface area contributed by atoms with Crippen molar-refractivity contribution in [2.75, 3.05) is 10.6 Å². The third kappa shape index (κ3) is 4.27. The lowest BCUT2D eigenvalue weighted by Crippen LogP contribution is -2.21. The van der Waals surface area contributed by atoms with Gasteiger partial charge in [-0.15, -0.1) is 0 Å². The summed E-state index contributed by atoms with van der Waals surface area (Å²) in [6, 6.07) is 9.96. The molecule has 0 amide bonds. The van der Waals surface area contributed by atoms with Crippen molar-refractivity contribution >= 4 is 17.6 Å². The molecule has 1 heterocycles. The van der Waals surface area contributed by atoms with E-state index < -0.39 is 0 Å². The van der Waals surface area contributed by atoms with Crippen LogP contribution >= 0.6 is 0 Å². The number of aryl methyl sites for hydroxylation is 1. The second-order valence-corrected chi connectivity index (χ2v) is 5.08. The zero-order chi connectivity index (χ0) is 15.2. The Morgan fingerprint density at radius 3 is 2.52 bits per heavy atom. The summed E-state index contributed by atoms with van der Waals surface area (Å²) in [5.74, 6) is 1.12. The van der Waals surface area contributed by atoms with Crippen molar-refractivity contribution in [3.05, 3.63) is 47.8 Å². The summed E-state index contributed by atoms with van der Waals surface area (Å²) >= 11 is 0. The van der Waals surface area contributed by atoms with Gasteiger partial charge in [-0.1, -0.05) is 26.0 Å². The van der Waals surface area contributed by atoms with E-state index in [2.05, 4.69) is 46.6 Å². The molecule has 110 valence electrons. The minimum absolute atomic E-state index is 0.150. The SMILES string of the molecule is CCC(C)c1ccc(NC(=N)Nc2nccc(C)n2)cc1. The van der Waals surface area contributed by atoms with E-state index >= 15 is 0 Å². The Morgan fingerprint density at radius 2 is 1.90 bits per heavy atom. The molecule has 0 aliphatic heterocycles. The van der Waals surface area contributed by atoms with Crippen LogP contribution in [-0.2, 0) is 0 Å². The maximum atomic E-state index is 7.91. The number of rotatable bonds is 4. The van der Waals surface area contributed by atoms with Gasteiger partial charge < -0.3 is 5.32 Å². The number of aromatic nitrogens is 2. The number of hydrogen-bond donors (Lipinski definition) is 3. The lowest BCUT2D eigenvalue weighted by Gasteiger charge is -2.12. The molecule has 0 aliphatic carbocycles. The van der Waals surface area contributed by atoms with Crippen LogP contribution in [0.2, 0.25) is 0 Å². The standard InChI is InChI=1S/C16H21N5/c1-4-11(2)13-5-7-14(8-6-13)20-15(17)21-16-18-10-9-12(3)19-16/h5-11H,4H2,1-3H3,(H3,17,18,19,20,21). The molecule has 1 aromatic carbocycles. The van der Waals surface area contributed by atoms with Gasteiger partial charge >= 0.3 is 0 Å². The Balaban J connectivity index is 1.96. The highest BCUT2D eigenvalue weighted by molar-refractivity contribution is 6.00. The summed E-state index contributed by atoms with van der Waals surface area (Å²) in [7, 11) is 0. The number of nitrogens with zero attached hydrogens (tertiary/aromatic N) is 2. The zero-order valence-electron chi connectivity index (χ0n) is 12.6. The van der Waals surface area contributed by atoms with Crippen LogP contribution in [0.1, 0.15) is 37.4 Å². The van der Waals surface area contributed by atoms with Gasteiger partial charge in [0, 0.05) is 17.6 Å². The minimum atomic E-state index is 0.150. The molecule has 2 aromatic rings. The van der Waals surface area contributed by atoms with Crippen LogP contribution in [0.15, 0.2) is 36.5 Å². The molecule has 1 unspecified atom stereocenters. The molecular formula is C16H21N5. The molecular weight excluding hydrogens is 262 g/mol. The van der Waals surface area contributed by atoms with Crippen molar-refractivity contribution in [2.45, 2.75) is 33.1 Å². The van der Waals surface area contributed by atoms with Crippen molar-refractivity contribution in [2.24, 2.45) is 0 Å². The van der Waals surface area contributed by atoms with Gasteiger partial charge in [0.2, 0.25) is 5.95 Å². The molecule has 0 bridgehead atoms. The molecule has 3 N–H and O–H groups in total. The Labute approximate surface area is 125 Å². The van der Waals surface area contributed by atoms with E-state index in [9.17, 15) is 0 Å². The van der Waals surface area contributed by atoms with Crippen molar-refractivity contribution < 1.29 is 0 Å². The molecule has 5 nitrogen and oxygen atoms in total. The van der Waals surface area contributed by atoms with Crippen LogP contribution in [0, 0.1) is 12.3 Å². The summed E-state index contributed by atoms with van der Waals surface area (Å²) < 4.78 is 0. The fourth-order valence-corrected chi connectivity index (χ4v) is 1.93. The van der Waals surface area contributed by atoms with E-state index in [0.717, 1.165) is 17.8 Å². The molecule has 1 aromatic heterocycles. The molecule has 2 rings (SSSR count). The highest BCUT2D eigenvalue weighted by Gasteiger charge is 2.04. The van der Waals surface area contributed by atoms with E-state index in [1.807, 2.05) is 25.1 Å². The first-order valence-corrected chi connectivity index (χ1v) is 7.10. The predicted molar refractivity (Wildman–Crippen MR) is 86.9 cm³/mol. The van der Waals surface area contributed by atoms with Crippen LogP contribution < -0.4 is 10.6 Å². The highest BCUT2D eigenvalue weighted by Crippen LogP contribution is 2.20. The molecule has 5 heteroatoms. The van der Waals surface area contributed by atoms with Crippen LogP contribution in [0.3, 0.4) is 0 Å². The van der Waals surface area contributed by atoms with Crippen molar-refractivity contribution in [1.29, 1.82) is 5.41 Å². The number of hydrogen-bond acceptors (Lipinski definition) is 3. The first-order valence-electron chi connectivity index (χ1n) is 7.10. The smallest absolute Gasteiger partial charge is 0.229 e. The molecule has 1 atom stereocenters. The lowest BCUT2D eigenvalue weighted by molar-refractivity contribution is 0.734. The van der Waals surface area contributed by atoms with Crippen molar-refractivity contribution in [3.63, 3.8) is 0 Å². The first kappa shape index (κ1) is 15.0. The Bertz CT molecular complexity index is 606. The Morgan fingerprint density at radius 1 is 1.19 bits per heavy atom. The fraction of sp³-hybridized carbons (Fsp3) is 0.312. The van der Waals surface area contributed by atoms with Gasteiger partial charge in [-0.3, -0.25) is 10.7 Å². The van der Waals surface area contributed by atoms with Crippen LogP contribution in [0.5, 0.6) is 0 Å². The monoisotopic (exact) mass is 283 g/mol. The number of guanidine groups is 1. The topological polar surface area (TPSA) is 73.7 Å². The van der Waals surface area contributed by atoms with Gasteiger partial charge in [-0.25, -0.2) is 9.97 Å². The maximum Gasteiger partial charge on any atom is 0.229 e. The molecule has 0 fully saturated rings. The third-order valence-corrected chi connectivity index (χ3v) is 3.39. The van der Waals surface area contributed by atoms with Crippen LogP contribution in [0.25, 0.3) is 0 Å². The Hall–Kier alpha value is -2.43. The number of benzene rings is 1. The Kier molecular flexibility index (Phi) is 4.87. The minimum Gasteiger partial charge on any atom is -0.326 e. The van der Waals surface area contributed by atoms with E-state index in [4.69, 9.17) is 5.41 Å². The molecule has 0 aliphatic rings. The maximum absolute atomic E-state index is 7.91. The van der Waals surface area contributed by atoms with E-state index in [1.54, 1.807) is 6.20 Å². The van der Waals surface area contributed by atoms with Crippen molar-refractivity contribution in [1.82, 2.24) is 9.97 Å².